The number of hydrogen-bond acceptors (Lipinski definition) is 6. The summed E-state index contributed by atoms with van der Waals surface area (Å²) >= 11 is 0. The van der Waals surface area contributed by atoms with Crippen LogP contribution in [0.15, 0.2) is 53.4 Å². The van der Waals surface area contributed by atoms with Gasteiger partial charge in [-0.25, -0.2) is 9.97 Å². The lowest BCUT2D eigenvalue weighted by Crippen LogP contribution is -2.09. The van der Waals surface area contributed by atoms with Gasteiger partial charge in [0.05, 0.1) is 17.1 Å². The molecule has 3 aromatic heterocycles. The van der Waals surface area contributed by atoms with E-state index in [0.717, 1.165) is 41.8 Å². The zero-order valence-corrected chi connectivity index (χ0v) is 14.9. The summed E-state index contributed by atoms with van der Waals surface area (Å²) in [5.41, 5.74) is 6.76. The highest BCUT2D eigenvalue weighted by molar-refractivity contribution is 5.72. The van der Waals surface area contributed by atoms with Crippen LogP contribution in [0.25, 0.3) is 11.3 Å². The Bertz CT molecular complexity index is 1090. The molecule has 7 heteroatoms. The van der Waals surface area contributed by atoms with E-state index in [0.29, 0.717) is 11.8 Å². The second kappa shape index (κ2) is 6.35. The van der Waals surface area contributed by atoms with Gasteiger partial charge in [0, 0.05) is 31.3 Å². The highest BCUT2D eigenvalue weighted by Crippen LogP contribution is 2.35. The van der Waals surface area contributed by atoms with Gasteiger partial charge in [0.2, 0.25) is 5.95 Å². The summed E-state index contributed by atoms with van der Waals surface area (Å²) in [7, 11) is 2.01. The van der Waals surface area contributed by atoms with E-state index in [-0.39, 0.29) is 0 Å². The topological polar surface area (TPSA) is 81.7 Å². The van der Waals surface area contributed by atoms with Gasteiger partial charge in [0.1, 0.15) is 6.26 Å². The van der Waals surface area contributed by atoms with Crippen LogP contribution in [-0.2, 0) is 26.3 Å². The number of nitrogens with zero attached hydrogens (tertiary/aromatic N) is 5. The van der Waals surface area contributed by atoms with Crippen molar-refractivity contribution in [1.29, 1.82) is 0 Å². The summed E-state index contributed by atoms with van der Waals surface area (Å²) in [5, 5.41) is 11.7. The fourth-order valence-electron chi connectivity index (χ4n) is 3.57. The second-order valence-electron chi connectivity index (χ2n) is 6.63. The van der Waals surface area contributed by atoms with E-state index in [2.05, 4.69) is 39.7 Å². The average molecular weight is 358 g/mol. The minimum Gasteiger partial charge on any atom is -0.363 e. The molecule has 27 heavy (non-hydrogen) atoms. The Morgan fingerprint density at radius 1 is 1.15 bits per heavy atom. The van der Waals surface area contributed by atoms with Gasteiger partial charge in [-0.15, -0.1) is 0 Å². The van der Waals surface area contributed by atoms with Crippen LogP contribution in [0.4, 0.5) is 11.8 Å². The number of nitrogens with one attached hydrogen (secondary N) is 1. The van der Waals surface area contributed by atoms with Crippen molar-refractivity contribution < 1.29 is 4.52 Å². The number of rotatable bonds is 4. The number of aromatic nitrogens is 5. The Labute approximate surface area is 156 Å². The van der Waals surface area contributed by atoms with Gasteiger partial charge in [-0.3, -0.25) is 4.68 Å². The van der Waals surface area contributed by atoms with Crippen LogP contribution in [0.3, 0.4) is 0 Å². The van der Waals surface area contributed by atoms with Crippen molar-refractivity contribution in [3.8, 4) is 11.3 Å². The Morgan fingerprint density at radius 3 is 2.85 bits per heavy atom. The summed E-state index contributed by atoms with van der Waals surface area (Å²) in [6, 6.07) is 12.2. The molecule has 1 aromatic carbocycles. The third-order valence-electron chi connectivity index (χ3n) is 4.86. The van der Waals surface area contributed by atoms with Gasteiger partial charge in [-0.2, -0.15) is 5.10 Å². The van der Waals surface area contributed by atoms with Crippen molar-refractivity contribution in [2.24, 2.45) is 7.05 Å². The van der Waals surface area contributed by atoms with Crippen LogP contribution in [0.2, 0.25) is 0 Å². The number of anilines is 2. The fourth-order valence-corrected chi connectivity index (χ4v) is 3.57. The molecule has 134 valence electrons. The maximum absolute atomic E-state index is 4.86. The van der Waals surface area contributed by atoms with Crippen LogP contribution in [-0.4, -0.2) is 24.9 Å². The van der Waals surface area contributed by atoms with Crippen molar-refractivity contribution >= 4 is 11.8 Å². The lowest BCUT2D eigenvalue weighted by molar-refractivity contribution is 0.423. The molecule has 1 N–H and O–H groups in total. The van der Waals surface area contributed by atoms with Gasteiger partial charge in [0.25, 0.3) is 0 Å². The summed E-state index contributed by atoms with van der Waals surface area (Å²) < 4.78 is 6.85. The molecule has 0 spiro atoms. The minimum absolute atomic E-state index is 0.505. The molecule has 4 aromatic rings. The first kappa shape index (κ1) is 15.7. The van der Waals surface area contributed by atoms with Crippen molar-refractivity contribution in [3.05, 3.63) is 71.4 Å². The average Bonchev–Trinajstić information content (AvgIpc) is 3.31. The van der Waals surface area contributed by atoms with Crippen molar-refractivity contribution in [3.63, 3.8) is 0 Å². The lowest BCUT2D eigenvalue weighted by atomic mass is 9.91. The van der Waals surface area contributed by atoms with E-state index >= 15 is 0 Å². The number of aryl methyl sites for hydroxylation is 3. The Morgan fingerprint density at radius 2 is 2.04 bits per heavy atom. The highest BCUT2D eigenvalue weighted by atomic mass is 16.5. The molecular formula is C20H18N6O. The second-order valence-corrected chi connectivity index (χ2v) is 6.63. The molecule has 0 saturated heterocycles. The summed E-state index contributed by atoms with van der Waals surface area (Å²) in [6.45, 7) is 0. The fraction of sp³-hybridized carbons (Fsp3) is 0.200. The number of fused-ring (bicyclic) bond motifs is 3. The quantitative estimate of drug-likeness (QED) is 0.603. The molecule has 0 saturated carbocycles. The molecule has 5 rings (SSSR count). The van der Waals surface area contributed by atoms with E-state index in [4.69, 9.17) is 14.6 Å². The van der Waals surface area contributed by atoms with Crippen LogP contribution < -0.4 is 5.32 Å². The van der Waals surface area contributed by atoms with E-state index in [9.17, 15) is 0 Å². The Balaban J connectivity index is 1.58. The molecular weight excluding hydrogens is 340 g/mol. The Kier molecular flexibility index (Phi) is 3.71. The molecule has 0 amide bonds. The van der Waals surface area contributed by atoms with Gasteiger partial charge in [0.15, 0.2) is 5.82 Å². The molecule has 0 bridgehead atoms. The van der Waals surface area contributed by atoms with Crippen molar-refractivity contribution in [2.45, 2.75) is 19.3 Å². The lowest BCUT2D eigenvalue weighted by Gasteiger charge is -2.16. The standard InChI is InChI=1S/C20H18N6O/c1-26-16(11-13-5-3-2-4-6-13)18-15(24-26)8-7-14-12-21-20(23-19(14)18)22-17-9-10-27-25-17/h2-6,9-10,12H,7-8,11H2,1H3,(H,21,22,23,25). The van der Waals surface area contributed by atoms with Crippen molar-refractivity contribution in [2.75, 3.05) is 5.32 Å². The smallest absolute Gasteiger partial charge is 0.229 e. The molecule has 0 aliphatic heterocycles. The first-order chi connectivity index (χ1) is 13.3. The van der Waals surface area contributed by atoms with Gasteiger partial charge in [-0.05, 0) is 24.0 Å². The normalized spacial score (nSPS) is 12.5. The molecule has 1 aliphatic rings. The van der Waals surface area contributed by atoms with E-state index in [1.165, 1.54) is 17.5 Å². The summed E-state index contributed by atoms with van der Waals surface area (Å²) in [6.07, 6.45) is 6.03. The SMILES string of the molecule is Cn1nc2c(c1Cc1ccccc1)-c1nc(Nc3ccon3)ncc1CC2. The minimum atomic E-state index is 0.505. The van der Waals surface area contributed by atoms with Crippen LogP contribution in [0.1, 0.15) is 22.5 Å². The number of benzene rings is 1. The largest absolute Gasteiger partial charge is 0.363 e. The summed E-state index contributed by atoms with van der Waals surface area (Å²) in [5.74, 6) is 1.09. The van der Waals surface area contributed by atoms with Crippen molar-refractivity contribution in [1.82, 2.24) is 24.9 Å². The summed E-state index contributed by atoms with van der Waals surface area (Å²) in [4.78, 5) is 9.22. The van der Waals surface area contributed by atoms with Crippen LogP contribution in [0, 0.1) is 0 Å². The zero-order valence-electron chi connectivity index (χ0n) is 14.9. The van der Waals surface area contributed by atoms with Gasteiger partial charge in [-0.1, -0.05) is 35.5 Å². The number of hydrogen-bond donors (Lipinski definition) is 1. The molecule has 7 nitrogen and oxygen atoms in total. The van der Waals surface area contributed by atoms with E-state index in [1.807, 2.05) is 24.0 Å². The third-order valence-corrected chi connectivity index (χ3v) is 4.86. The molecule has 0 radical (unpaired) electrons. The predicted octanol–water partition coefficient (Wildman–Crippen LogP) is 3.30. The molecule has 0 unspecified atom stereocenters. The molecule has 1 aliphatic carbocycles. The van der Waals surface area contributed by atoms with Crippen LogP contribution >= 0.6 is 0 Å². The monoisotopic (exact) mass is 358 g/mol. The first-order valence-corrected chi connectivity index (χ1v) is 8.90. The maximum Gasteiger partial charge on any atom is 0.229 e. The molecule has 0 fully saturated rings. The van der Waals surface area contributed by atoms with Crippen LogP contribution in [0.5, 0.6) is 0 Å². The highest BCUT2D eigenvalue weighted by Gasteiger charge is 2.26. The third kappa shape index (κ3) is 2.87. The molecule has 0 atom stereocenters. The van der Waals surface area contributed by atoms with Gasteiger partial charge < -0.3 is 9.84 Å². The first-order valence-electron chi connectivity index (χ1n) is 8.90. The predicted molar refractivity (Wildman–Crippen MR) is 101 cm³/mol. The molecule has 3 heterocycles. The Hall–Kier alpha value is -3.48. The van der Waals surface area contributed by atoms with E-state index < -0.39 is 0 Å². The maximum atomic E-state index is 4.86. The van der Waals surface area contributed by atoms with E-state index in [1.54, 1.807) is 6.07 Å². The van der Waals surface area contributed by atoms with Gasteiger partial charge >= 0.3 is 0 Å². The zero-order chi connectivity index (χ0) is 18.2.